The largest absolute Gasteiger partial charge is 0.139 e. The van der Waals surface area contributed by atoms with Crippen molar-refractivity contribution in [1.82, 2.24) is 30.8 Å². The third-order valence-electron chi connectivity index (χ3n) is 2.98. The second-order valence-corrected chi connectivity index (χ2v) is 4.35. The van der Waals surface area contributed by atoms with Crippen LogP contribution in [0, 0.1) is 0 Å². The van der Waals surface area contributed by atoms with Crippen molar-refractivity contribution in [2.45, 2.75) is 12.8 Å². The quantitative estimate of drug-likeness (QED) is 0.705. The molecule has 6 heteroatoms. The molecule has 1 aromatic carbocycles. The Morgan fingerprint density at radius 3 is 1.55 bits per heavy atom. The topological polar surface area (TPSA) is 77.3 Å². The molecule has 0 amide bonds. The highest BCUT2D eigenvalue weighted by molar-refractivity contribution is 5.33. The molecule has 0 saturated carbocycles. The molecule has 0 bridgehead atoms. The lowest BCUT2D eigenvalue weighted by atomic mass is 9.99. The molecule has 0 atom stereocenters. The van der Waals surface area contributed by atoms with Gasteiger partial charge in [0.15, 0.2) is 0 Å². The molecule has 0 radical (unpaired) electrons. The van der Waals surface area contributed by atoms with Crippen molar-refractivity contribution in [3.63, 3.8) is 0 Å². The van der Waals surface area contributed by atoms with E-state index in [2.05, 4.69) is 43.0 Å². The first-order valence-electron chi connectivity index (χ1n) is 6.25. The molecule has 0 fully saturated rings. The molecule has 0 saturated heterocycles. The van der Waals surface area contributed by atoms with Crippen LogP contribution in [0.5, 0.6) is 0 Å². The van der Waals surface area contributed by atoms with Gasteiger partial charge in [-0.15, -0.1) is 20.4 Å². The molecule has 0 spiro atoms. The van der Waals surface area contributed by atoms with Gasteiger partial charge in [0.05, 0.1) is 23.8 Å². The van der Waals surface area contributed by atoms with E-state index in [9.17, 15) is 0 Å². The molecule has 0 N–H and O–H groups in total. The Hall–Kier alpha value is -2.76. The molecular formula is C14H12N6. The fourth-order valence-electron chi connectivity index (χ4n) is 2.01. The summed E-state index contributed by atoms with van der Waals surface area (Å²) in [5.74, 6) is 0. The average Bonchev–Trinajstić information content (AvgIpc) is 2.51. The van der Waals surface area contributed by atoms with Crippen molar-refractivity contribution in [3.05, 3.63) is 71.3 Å². The molecule has 0 aliphatic rings. The summed E-state index contributed by atoms with van der Waals surface area (Å²) in [4.78, 5) is 0. The molecule has 20 heavy (non-hydrogen) atoms. The smallest absolute Gasteiger partial charge is 0.0708 e. The highest BCUT2D eigenvalue weighted by atomic mass is 15.3. The Bertz CT molecular complexity index is 611. The normalized spacial score (nSPS) is 10.4. The van der Waals surface area contributed by atoms with Gasteiger partial charge in [0, 0.05) is 12.8 Å². The van der Waals surface area contributed by atoms with E-state index < -0.39 is 0 Å². The SMILES string of the molecule is c1ccc(Cc2ccnnn2)c(Cc2ccnnn2)c1. The standard InChI is InChI=1S/C14H12N6/c1-2-4-12(10-14-6-8-16-20-18-14)11(3-1)9-13-5-7-15-19-17-13/h1-8H,9-10H2. The van der Waals surface area contributed by atoms with Crippen LogP contribution in [0.25, 0.3) is 0 Å². The summed E-state index contributed by atoms with van der Waals surface area (Å²) in [5.41, 5.74) is 4.19. The Labute approximate surface area is 115 Å². The van der Waals surface area contributed by atoms with Gasteiger partial charge in [-0.05, 0) is 33.7 Å². The minimum Gasteiger partial charge on any atom is -0.139 e. The lowest BCUT2D eigenvalue weighted by Crippen LogP contribution is -2.02. The molecule has 2 aromatic heterocycles. The maximum Gasteiger partial charge on any atom is 0.0708 e. The van der Waals surface area contributed by atoms with Crippen LogP contribution < -0.4 is 0 Å². The zero-order valence-electron chi connectivity index (χ0n) is 10.7. The number of nitrogens with zero attached hydrogens (tertiary/aromatic N) is 6. The van der Waals surface area contributed by atoms with Crippen LogP contribution in [0.3, 0.4) is 0 Å². The van der Waals surface area contributed by atoms with E-state index in [1.807, 2.05) is 24.3 Å². The molecule has 0 aliphatic carbocycles. The van der Waals surface area contributed by atoms with E-state index >= 15 is 0 Å². The van der Waals surface area contributed by atoms with Crippen LogP contribution in [-0.2, 0) is 12.8 Å². The Morgan fingerprint density at radius 2 is 1.15 bits per heavy atom. The van der Waals surface area contributed by atoms with E-state index in [1.165, 1.54) is 11.1 Å². The van der Waals surface area contributed by atoms with Gasteiger partial charge < -0.3 is 0 Å². The minimum absolute atomic E-state index is 0.726. The van der Waals surface area contributed by atoms with Crippen molar-refractivity contribution in [3.8, 4) is 0 Å². The van der Waals surface area contributed by atoms with Crippen molar-refractivity contribution in [1.29, 1.82) is 0 Å². The zero-order valence-corrected chi connectivity index (χ0v) is 10.7. The van der Waals surface area contributed by atoms with E-state index in [-0.39, 0.29) is 0 Å². The predicted molar refractivity (Wildman–Crippen MR) is 71.7 cm³/mol. The highest BCUT2D eigenvalue weighted by Gasteiger charge is 2.06. The second-order valence-electron chi connectivity index (χ2n) is 4.35. The van der Waals surface area contributed by atoms with Crippen LogP contribution >= 0.6 is 0 Å². The first kappa shape index (κ1) is 12.3. The highest BCUT2D eigenvalue weighted by Crippen LogP contribution is 2.15. The molecule has 3 aromatic rings. The van der Waals surface area contributed by atoms with Gasteiger partial charge in [-0.1, -0.05) is 24.3 Å². The van der Waals surface area contributed by atoms with Gasteiger partial charge in [-0.2, -0.15) is 0 Å². The van der Waals surface area contributed by atoms with Gasteiger partial charge in [-0.25, -0.2) is 0 Å². The molecule has 6 nitrogen and oxygen atoms in total. The Morgan fingerprint density at radius 1 is 0.650 bits per heavy atom. The van der Waals surface area contributed by atoms with Crippen molar-refractivity contribution in [2.24, 2.45) is 0 Å². The lowest BCUT2D eigenvalue weighted by Gasteiger charge is -2.08. The molecule has 0 aliphatic heterocycles. The van der Waals surface area contributed by atoms with Crippen LogP contribution in [-0.4, -0.2) is 30.8 Å². The molecule has 3 rings (SSSR count). The maximum absolute atomic E-state index is 4.02. The van der Waals surface area contributed by atoms with Crippen molar-refractivity contribution >= 4 is 0 Å². The number of rotatable bonds is 4. The molecule has 98 valence electrons. The first-order valence-corrected chi connectivity index (χ1v) is 6.25. The molecule has 0 unspecified atom stereocenters. The van der Waals surface area contributed by atoms with E-state index in [0.717, 1.165) is 24.2 Å². The second kappa shape index (κ2) is 5.92. The van der Waals surface area contributed by atoms with Crippen molar-refractivity contribution in [2.75, 3.05) is 0 Å². The van der Waals surface area contributed by atoms with E-state index in [0.29, 0.717) is 0 Å². The summed E-state index contributed by atoms with van der Waals surface area (Å²) in [5, 5.41) is 22.8. The summed E-state index contributed by atoms with van der Waals surface area (Å²) in [7, 11) is 0. The van der Waals surface area contributed by atoms with Crippen LogP contribution in [0.2, 0.25) is 0 Å². The first-order chi connectivity index (χ1) is 9.92. The van der Waals surface area contributed by atoms with Gasteiger partial charge in [0.2, 0.25) is 0 Å². The van der Waals surface area contributed by atoms with Gasteiger partial charge in [0.25, 0.3) is 0 Å². The average molecular weight is 264 g/mol. The van der Waals surface area contributed by atoms with Crippen molar-refractivity contribution < 1.29 is 0 Å². The molecule has 2 heterocycles. The van der Waals surface area contributed by atoms with E-state index in [1.54, 1.807) is 12.4 Å². The third-order valence-corrected chi connectivity index (χ3v) is 2.98. The Balaban J connectivity index is 1.85. The summed E-state index contributed by atoms with van der Waals surface area (Å²) >= 11 is 0. The van der Waals surface area contributed by atoms with Gasteiger partial charge >= 0.3 is 0 Å². The summed E-state index contributed by atoms with van der Waals surface area (Å²) in [6, 6.07) is 12.0. The van der Waals surface area contributed by atoms with Crippen LogP contribution in [0.4, 0.5) is 0 Å². The number of benzene rings is 1. The van der Waals surface area contributed by atoms with Crippen LogP contribution in [0.15, 0.2) is 48.8 Å². The minimum atomic E-state index is 0.726. The fourth-order valence-corrected chi connectivity index (χ4v) is 2.01. The summed E-state index contributed by atoms with van der Waals surface area (Å²) in [6.45, 7) is 0. The van der Waals surface area contributed by atoms with E-state index in [4.69, 9.17) is 0 Å². The number of hydrogen-bond acceptors (Lipinski definition) is 6. The van der Waals surface area contributed by atoms with Crippen LogP contribution in [0.1, 0.15) is 22.5 Å². The monoisotopic (exact) mass is 264 g/mol. The molecular weight excluding hydrogens is 252 g/mol. The lowest BCUT2D eigenvalue weighted by molar-refractivity contribution is 0.809. The zero-order chi connectivity index (χ0) is 13.6. The fraction of sp³-hybridized carbons (Fsp3) is 0.143. The third kappa shape index (κ3) is 2.97. The summed E-state index contributed by atoms with van der Waals surface area (Å²) < 4.78 is 0. The summed E-state index contributed by atoms with van der Waals surface area (Å²) in [6.07, 6.45) is 4.76. The van der Waals surface area contributed by atoms with Gasteiger partial charge in [-0.3, -0.25) is 0 Å². The Kier molecular flexibility index (Phi) is 3.64. The predicted octanol–water partition coefficient (Wildman–Crippen LogP) is 1.24. The maximum atomic E-state index is 4.02. The number of aromatic nitrogens is 6. The number of hydrogen-bond donors (Lipinski definition) is 0. The van der Waals surface area contributed by atoms with Gasteiger partial charge in [0.1, 0.15) is 0 Å².